The molecule has 4 heteroatoms. The van der Waals surface area contributed by atoms with Crippen molar-refractivity contribution in [2.75, 3.05) is 7.05 Å². The molecule has 1 heterocycles. The van der Waals surface area contributed by atoms with E-state index >= 15 is 0 Å². The molecule has 2 rings (SSSR count). The molecule has 0 radical (unpaired) electrons. The van der Waals surface area contributed by atoms with Crippen LogP contribution in [0.15, 0.2) is 54.9 Å². The van der Waals surface area contributed by atoms with Gasteiger partial charge in [-0.15, -0.1) is 0 Å². The van der Waals surface area contributed by atoms with Crippen molar-refractivity contribution in [2.45, 2.75) is 19.8 Å². The Kier molecular flexibility index (Phi) is 4.94. The molecule has 0 spiro atoms. The first-order valence-corrected chi connectivity index (χ1v) is 7.33. The predicted molar refractivity (Wildman–Crippen MR) is 90.7 cm³/mol. The van der Waals surface area contributed by atoms with Crippen LogP contribution >= 0.6 is 0 Å². The predicted octanol–water partition coefficient (Wildman–Crippen LogP) is 3.31. The summed E-state index contributed by atoms with van der Waals surface area (Å²) >= 11 is 0. The summed E-state index contributed by atoms with van der Waals surface area (Å²) in [7, 11) is 1.81. The van der Waals surface area contributed by atoms with Gasteiger partial charge in [0, 0.05) is 29.9 Å². The van der Waals surface area contributed by atoms with Gasteiger partial charge in [-0.3, -0.25) is 9.78 Å². The number of hydrogen-bond donors (Lipinski definition) is 1. The molecule has 0 saturated heterocycles. The molecular formula is C18H21N3O. The molecule has 114 valence electrons. The van der Waals surface area contributed by atoms with E-state index in [-0.39, 0.29) is 5.70 Å². The Bertz CT molecular complexity index is 729. The molecule has 0 atom stereocenters. The summed E-state index contributed by atoms with van der Waals surface area (Å²) in [5.74, 6) is -0.525. The lowest BCUT2D eigenvalue weighted by Gasteiger charge is -2.24. The number of carbonyl (C=O) groups is 1. The van der Waals surface area contributed by atoms with Crippen LogP contribution in [-0.2, 0) is 4.79 Å². The third kappa shape index (κ3) is 3.17. The monoisotopic (exact) mass is 295 g/mol. The molecule has 0 aliphatic carbocycles. The molecule has 4 nitrogen and oxygen atoms in total. The summed E-state index contributed by atoms with van der Waals surface area (Å²) in [4.78, 5) is 17.6. The highest BCUT2D eigenvalue weighted by atomic mass is 16.1. The fourth-order valence-corrected chi connectivity index (χ4v) is 2.35. The summed E-state index contributed by atoms with van der Waals surface area (Å²) in [5.41, 5.74) is 8.50. The Labute approximate surface area is 130 Å². The maximum absolute atomic E-state index is 11.5. The number of unbranched alkanes of at least 4 members (excludes halogenated alkanes) is 1. The standard InChI is InChI=1S/C18H21N3O/c1-4-5-11-17(21(3)13(2)18(19)22)15-8-6-10-16-14(15)9-7-12-20-16/h6-12H,2,4-5H2,1,3H3,(H2,19,22)/b17-11-. The van der Waals surface area contributed by atoms with Gasteiger partial charge in [0.25, 0.3) is 5.91 Å². The molecule has 2 N–H and O–H groups in total. The van der Waals surface area contributed by atoms with Crippen LogP contribution in [0.2, 0.25) is 0 Å². The van der Waals surface area contributed by atoms with Crippen LogP contribution < -0.4 is 5.73 Å². The highest BCUT2D eigenvalue weighted by molar-refractivity contribution is 5.96. The second kappa shape index (κ2) is 6.89. The van der Waals surface area contributed by atoms with Crippen molar-refractivity contribution in [3.05, 3.63) is 60.4 Å². The Morgan fingerprint density at radius 3 is 2.82 bits per heavy atom. The normalized spacial score (nSPS) is 11.5. The molecular weight excluding hydrogens is 274 g/mol. The second-order valence-electron chi connectivity index (χ2n) is 5.12. The SMILES string of the molecule is C=C(C(N)=O)N(C)/C(=C\CCC)c1cccc2ncccc12. The zero-order valence-corrected chi connectivity index (χ0v) is 13.0. The molecule has 0 unspecified atom stereocenters. The summed E-state index contributed by atoms with van der Waals surface area (Å²) in [6.45, 7) is 5.90. The van der Waals surface area contributed by atoms with E-state index in [1.807, 2.05) is 37.4 Å². The number of rotatable bonds is 6. The Morgan fingerprint density at radius 1 is 1.36 bits per heavy atom. The van der Waals surface area contributed by atoms with Gasteiger partial charge in [-0.1, -0.05) is 44.2 Å². The van der Waals surface area contributed by atoms with E-state index in [4.69, 9.17) is 5.73 Å². The summed E-state index contributed by atoms with van der Waals surface area (Å²) in [6, 6.07) is 9.89. The Morgan fingerprint density at radius 2 is 2.14 bits per heavy atom. The molecule has 0 fully saturated rings. The number of nitrogens with zero attached hydrogens (tertiary/aromatic N) is 2. The maximum atomic E-state index is 11.5. The number of aromatic nitrogens is 1. The topological polar surface area (TPSA) is 59.2 Å². The maximum Gasteiger partial charge on any atom is 0.264 e. The Balaban J connectivity index is 2.58. The van der Waals surface area contributed by atoms with Crippen LogP contribution in [0.1, 0.15) is 25.3 Å². The fourth-order valence-electron chi connectivity index (χ4n) is 2.35. The second-order valence-corrected chi connectivity index (χ2v) is 5.12. The van der Waals surface area contributed by atoms with E-state index < -0.39 is 5.91 Å². The van der Waals surface area contributed by atoms with Crippen molar-refractivity contribution in [1.29, 1.82) is 0 Å². The van der Waals surface area contributed by atoms with E-state index in [2.05, 4.69) is 24.6 Å². The smallest absolute Gasteiger partial charge is 0.264 e. The van der Waals surface area contributed by atoms with Crippen LogP contribution in [0.4, 0.5) is 0 Å². The van der Waals surface area contributed by atoms with Gasteiger partial charge in [-0.2, -0.15) is 0 Å². The van der Waals surface area contributed by atoms with Crippen LogP contribution in [0, 0.1) is 0 Å². The number of pyridine rings is 1. The number of nitrogens with two attached hydrogens (primary N) is 1. The first kappa shape index (κ1) is 15.8. The number of allylic oxidation sites excluding steroid dienone is 1. The average Bonchev–Trinajstić information content (AvgIpc) is 2.54. The van der Waals surface area contributed by atoms with Crippen molar-refractivity contribution in [3.63, 3.8) is 0 Å². The number of fused-ring (bicyclic) bond motifs is 1. The van der Waals surface area contributed by atoms with Gasteiger partial charge in [0.05, 0.1) is 11.2 Å². The van der Waals surface area contributed by atoms with Gasteiger partial charge in [-0.25, -0.2) is 0 Å². The van der Waals surface area contributed by atoms with Crippen molar-refractivity contribution >= 4 is 22.5 Å². The van der Waals surface area contributed by atoms with E-state index in [0.29, 0.717) is 0 Å². The minimum atomic E-state index is -0.525. The van der Waals surface area contributed by atoms with Gasteiger partial charge in [0.1, 0.15) is 0 Å². The lowest BCUT2D eigenvalue weighted by atomic mass is 10.0. The minimum absolute atomic E-state index is 0.267. The number of benzene rings is 1. The molecule has 0 aliphatic rings. The molecule has 0 aliphatic heterocycles. The number of likely N-dealkylation sites (N-methyl/N-ethyl adjacent to an activating group) is 1. The van der Waals surface area contributed by atoms with E-state index in [0.717, 1.165) is 35.0 Å². The molecule has 1 amide bonds. The minimum Gasteiger partial charge on any atom is -0.364 e. The van der Waals surface area contributed by atoms with Gasteiger partial charge in [0.2, 0.25) is 0 Å². The lowest BCUT2D eigenvalue weighted by molar-refractivity contribution is -0.115. The highest BCUT2D eigenvalue weighted by Crippen LogP contribution is 2.28. The van der Waals surface area contributed by atoms with Crippen LogP contribution in [0.25, 0.3) is 16.6 Å². The van der Waals surface area contributed by atoms with Crippen LogP contribution in [0.3, 0.4) is 0 Å². The zero-order chi connectivity index (χ0) is 16.1. The summed E-state index contributed by atoms with van der Waals surface area (Å²) < 4.78 is 0. The summed E-state index contributed by atoms with van der Waals surface area (Å²) in [5, 5.41) is 1.04. The van der Waals surface area contributed by atoms with E-state index in [1.54, 1.807) is 11.1 Å². The highest BCUT2D eigenvalue weighted by Gasteiger charge is 2.16. The van der Waals surface area contributed by atoms with Crippen molar-refractivity contribution in [3.8, 4) is 0 Å². The third-order valence-electron chi connectivity index (χ3n) is 3.60. The van der Waals surface area contributed by atoms with Gasteiger partial charge < -0.3 is 10.6 Å². The number of hydrogen-bond acceptors (Lipinski definition) is 3. The molecule has 0 bridgehead atoms. The number of carbonyl (C=O) groups excluding carboxylic acids is 1. The largest absolute Gasteiger partial charge is 0.364 e. The van der Waals surface area contributed by atoms with Crippen molar-refractivity contribution < 1.29 is 4.79 Å². The van der Waals surface area contributed by atoms with Crippen LogP contribution in [-0.4, -0.2) is 22.8 Å². The molecule has 1 aromatic carbocycles. The molecule has 22 heavy (non-hydrogen) atoms. The number of amides is 1. The third-order valence-corrected chi connectivity index (χ3v) is 3.60. The van der Waals surface area contributed by atoms with Gasteiger partial charge >= 0.3 is 0 Å². The van der Waals surface area contributed by atoms with Gasteiger partial charge in [-0.05, 0) is 18.6 Å². The van der Waals surface area contributed by atoms with E-state index in [1.165, 1.54) is 0 Å². The average molecular weight is 295 g/mol. The number of primary amides is 1. The Hall–Kier alpha value is -2.62. The summed E-state index contributed by atoms with van der Waals surface area (Å²) in [6.07, 6.45) is 5.80. The fraction of sp³-hybridized carbons (Fsp3) is 0.222. The van der Waals surface area contributed by atoms with Crippen molar-refractivity contribution in [1.82, 2.24) is 9.88 Å². The molecule has 2 aromatic rings. The molecule has 1 aromatic heterocycles. The van der Waals surface area contributed by atoms with Gasteiger partial charge in [0.15, 0.2) is 0 Å². The van der Waals surface area contributed by atoms with Crippen LogP contribution in [0.5, 0.6) is 0 Å². The zero-order valence-electron chi connectivity index (χ0n) is 13.0. The molecule has 0 saturated carbocycles. The first-order chi connectivity index (χ1) is 10.6. The van der Waals surface area contributed by atoms with E-state index in [9.17, 15) is 4.79 Å². The first-order valence-electron chi connectivity index (χ1n) is 7.33. The lowest BCUT2D eigenvalue weighted by Crippen LogP contribution is -2.26. The quantitative estimate of drug-likeness (QED) is 0.832. The van der Waals surface area contributed by atoms with Crippen molar-refractivity contribution in [2.24, 2.45) is 5.73 Å².